The fraction of sp³-hybridized carbons (Fsp3) is 0.435. The van der Waals surface area contributed by atoms with Crippen LogP contribution < -0.4 is 15.0 Å². The third-order valence-electron chi connectivity index (χ3n) is 5.06. The summed E-state index contributed by atoms with van der Waals surface area (Å²) < 4.78 is 11.2. The Morgan fingerprint density at radius 3 is 2.36 bits per heavy atom. The van der Waals surface area contributed by atoms with Gasteiger partial charge in [-0.2, -0.15) is 0 Å². The Morgan fingerprint density at radius 2 is 1.75 bits per heavy atom. The standard InChI is InChI=1S/C23H30N2O3/c1-16(2)22-10-9-21(15-17(22)3)28-18(4)23(26)24-19-5-7-20(8-6-19)25-11-13-27-14-12-25/h5-10,15-16,18H,11-14H2,1-4H3,(H,24,26). The molecule has 1 atom stereocenters. The molecule has 0 aliphatic carbocycles. The lowest BCUT2D eigenvalue weighted by atomic mass is 9.98. The van der Waals surface area contributed by atoms with Gasteiger partial charge in [-0.1, -0.05) is 19.9 Å². The highest BCUT2D eigenvalue weighted by Crippen LogP contribution is 2.24. The van der Waals surface area contributed by atoms with E-state index >= 15 is 0 Å². The van der Waals surface area contributed by atoms with Crippen LogP contribution in [0.15, 0.2) is 42.5 Å². The van der Waals surface area contributed by atoms with Gasteiger partial charge in [0.15, 0.2) is 6.10 Å². The predicted molar refractivity (Wildman–Crippen MR) is 113 cm³/mol. The number of amides is 1. The van der Waals surface area contributed by atoms with Gasteiger partial charge in [0.05, 0.1) is 13.2 Å². The van der Waals surface area contributed by atoms with Crippen LogP contribution in [0.25, 0.3) is 0 Å². The number of carbonyl (C=O) groups is 1. The van der Waals surface area contributed by atoms with Gasteiger partial charge >= 0.3 is 0 Å². The van der Waals surface area contributed by atoms with Crippen molar-refractivity contribution in [2.45, 2.75) is 39.7 Å². The third-order valence-corrected chi connectivity index (χ3v) is 5.06. The molecule has 1 unspecified atom stereocenters. The fourth-order valence-electron chi connectivity index (χ4n) is 3.45. The van der Waals surface area contributed by atoms with Gasteiger partial charge in [-0.05, 0) is 67.3 Å². The van der Waals surface area contributed by atoms with Gasteiger partial charge in [0.1, 0.15) is 5.75 Å². The molecule has 0 saturated carbocycles. The molecule has 2 aromatic rings. The van der Waals surface area contributed by atoms with Crippen molar-refractivity contribution in [3.63, 3.8) is 0 Å². The summed E-state index contributed by atoms with van der Waals surface area (Å²) in [5, 5.41) is 2.93. The molecule has 5 nitrogen and oxygen atoms in total. The second-order valence-corrected chi connectivity index (χ2v) is 7.57. The minimum Gasteiger partial charge on any atom is -0.481 e. The number of rotatable bonds is 6. The molecule has 1 N–H and O–H groups in total. The number of nitrogens with one attached hydrogen (secondary N) is 1. The topological polar surface area (TPSA) is 50.8 Å². The van der Waals surface area contributed by atoms with Gasteiger partial charge in [-0.15, -0.1) is 0 Å². The van der Waals surface area contributed by atoms with Gasteiger partial charge in [0, 0.05) is 24.5 Å². The molecular weight excluding hydrogens is 352 g/mol. The molecule has 1 saturated heterocycles. The van der Waals surface area contributed by atoms with Crippen molar-refractivity contribution in [2.75, 3.05) is 36.5 Å². The van der Waals surface area contributed by atoms with Crippen molar-refractivity contribution in [3.05, 3.63) is 53.6 Å². The van der Waals surface area contributed by atoms with Gasteiger partial charge in [0.2, 0.25) is 0 Å². The van der Waals surface area contributed by atoms with E-state index in [4.69, 9.17) is 9.47 Å². The molecule has 150 valence electrons. The Balaban J connectivity index is 1.57. The molecule has 0 aromatic heterocycles. The van der Waals surface area contributed by atoms with Gasteiger partial charge in [0.25, 0.3) is 5.91 Å². The molecular formula is C23H30N2O3. The quantitative estimate of drug-likeness (QED) is 0.806. The molecule has 1 amide bonds. The molecule has 1 aliphatic rings. The second kappa shape index (κ2) is 9.11. The summed E-state index contributed by atoms with van der Waals surface area (Å²) >= 11 is 0. The Hall–Kier alpha value is -2.53. The van der Waals surface area contributed by atoms with E-state index < -0.39 is 6.10 Å². The Labute approximate surface area is 167 Å². The van der Waals surface area contributed by atoms with Crippen LogP contribution in [-0.2, 0) is 9.53 Å². The number of anilines is 2. The molecule has 0 spiro atoms. The highest BCUT2D eigenvalue weighted by molar-refractivity contribution is 5.94. The smallest absolute Gasteiger partial charge is 0.265 e. The highest BCUT2D eigenvalue weighted by Gasteiger charge is 2.16. The van der Waals surface area contributed by atoms with Crippen LogP contribution in [-0.4, -0.2) is 38.3 Å². The maximum Gasteiger partial charge on any atom is 0.265 e. The van der Waals surface area contributed by atoms with Crippen LogP contribution in [0.5, 0.6) is 5.75 Å². The Kier molecular flexibility index (Phi) is 6.57. The van der Waals surface area contributed by atoms with E-state index in [2.05, 4.69) is 37.1 Å². The summed E-state index contributed by atoms with van der Waals surface area (Å²) in [5.74, 6) is 1.02. The first-order chi connectivity index (χ1) is 13.4. The van der Waals surface area contributed by atoms with E-state index in [0.717, 1.165) is 37.7 Å². The van der Waals surface area contributed by atoms with E-state index in [1.807, 2.05) is 36.4 Å². The molecule has 5 heteroatoms. The lowest BCUT2D eigenvalue weighted by Crippen LogP contribution is -2.36. The van der Waals surface area contributed by atoms with Crippen molar-refractivity contribution in [3.8, 4) is 5.75 Å². The first-order valence-corrected chi connectivity index (χ1v) is 9.95. The van der Waals surface area contributed by atoms with Crippen molar-refractivity contribution < 1.29 is 14.3 Å². The summed E-state index contributed by atoms with van der Waals surface area (Å²) in [7, 11) is 0. The molecule has 3 rings (SSSR count). The van der Waals surface area contributed by atoms with Gasteiger partial charge in [-0.3, -0.25) is 4.79 Å². The predicted octanol–water partition coefficient (Wildman–Crippen LogP) is 4.36. The van der Waals surface area contributed by atoms with Crippen molar-refractivity contribution in [1.82, 2.24) is 0 Å². The number of benzene rings is 2. The van der Waals surface area contributed by atoms with Crippen molar-refractivity contribution >= 4 is 17.3 Å². The zero-order chi connectivity index (χ0) is 20.1. The number of ether oxygens (including phenoxy) is 2. The first kappa shape index (κ1) is 20.2. The van der Waals surface area contributed by atoms with Gasteiger partial charge in [-0.25, -0.2) is 0 Å². The average molecular weight is 383 g/mol. The Morgan fingerprint density at radius 1 is 1.07 bits per heavy atom. The van der Waals surface area contributed by atoms with E-state index in [-0.39, 0.29) is 5.91 Å². The summed E-state index contributed by atoms with van der Waals surface area (Å²) in [6.45, 7) is 11.5. The zero-order valence-electron chi connectivity index (χ0n) is 17.2. The van der Waals surface area contributed by atoms with Crippen LogP contribution in [0.1, 0.15) is 37.8 Å². The minimum atomic E-state index is -0.580. The van der Waals surface area contributed by atoms with Crippen LogP contribution >= 0.6 is 0 Å². The molecule has 1 heterocycles. The second-order valence-electron chi connectivity index (χ2n) is 7.57. The number of nitrogens with zero attached hydrogens (tertiary/aromatic N) is 1. The number of morpholine rings is 1. The fourth-order valence-corrected chi connectivity index (χ4v) is 3.45. The van der Waals surface area contributed by atoms with Crippen LogP contribution in [0.4, 0.5) is 11.4 Å². The lowest BCUT2D eigenvalue weighted by molar-refractivity contribution is -0.122. The molecule has 0 bridgehead atoms. The maximum absolute atomic E-state index is 12.5. The highest BCUT2D eigenvalue weighted by atomic mass is 16.5. The number of carbonyl (C=O) groups excluding carboxylic acids is 1. The number of aryl methyl sites for hydroxylation is 1. The molecule has 2 aromatic carbocycles. The van der Waals surface area contributed by atoms with Crippen LogP contribution in [0.3, 0.4) is 0 Å². The molecule has 28 heavy (non-hydrogen) atoms. The average Bonchev–Trinajstić information content (AvgIpc) is 2.69. The minimum absolute atomic E-state index is 0.162. The van der Waals surface area contributed by atoms with E-state index in [0.29, 0.717) is 11.7 Å². The lowest BCUT2D eigenvalue weighted by Gasteiger charge is -2.29. The van der Waals surface area contributed by atoms with Crippen LogP contribution in [0, 0.1) is 6.92 Å². The largest absolute Gasteiger partial charge is 0.481 e. The SMILES string of the molecule is Cc1cc(OC(C)C(=O)Nc2ccc(N3CCOCC3)cc2)ccc1C(C)C. The monoisotopic (exact) mass is 382 g/mol. The van der Waals surface area contributed by atoms with Crippen LogP contribution in [0.2, 0.25) is 0 Å². The summed E-state index contributed by atoms with van der Waals surface area (Å²) in [5.41, 5.74) is 4.39. The van der Waals surface area contributed by atoms with Gasteiger partial charge < -0.3 is 19.7 Å². The maximum atomic E-state index is 12.5. The molecule has 1 fully saturated rings. The van der Waals surface area contributed by atoms with E-state index in [9.17, 15) is 4.79 Å². The van der Waals surface area contributed by atoms with E-state index in [1.165, 1.54) is 11.1 Å². The normalized spacial score (nSPS) is 15.4. The zero-order valence-corrected chi connectivity index (χ0v) is 17.2. The summed E-state index contributed by atoms with van der Waals surface area (Å²) in [6, 6.07) is 13.9. The first-order valence-electron chi connectivity index (χ1n) is 9.95. The summed E-state index contributed by atoms with van der Waals surface area (Å²) in [4.78, 5) is 14.8. The van der Waals surface area contributed by atoms with Crippen molar-refractivity contribution in [1.29, 1.82) is 0 Å². The molecule has 0 radical (unpaired) electrons. The number of hydrogen-bond acceptors (Lipinski definition) is 4. The Bertz CT molecular complexity index is 796. The van der Waals surface area contributed by atoms with Crippen molar-refractivity contribution in [2.24, 2.45) is 0 Å². The molecule has 1 aliphatic heterocycles. The van der Waals surface area contributed by atoms with E-state index in [1.54, 1.807) is 6.92 Å². The third kappa shape index (κ3) is 5.04. The number of hydrogen-bond donors (Lipinski definition) is 1. The summed E-state index contributed by atoms with van der Waals surface area (Å²) in [6.07, 6.45) is -0.580.